The molecule has 10 nitrogen and oxygen atoms in total. The molecule has 0 aliphatic rings. The minimum atomic E-state index is -4.61. The minimum Gasteiger partial charge on any atom is -0.480 e. The molecule has 4 rings (SSSR count). The number of carbonyl (C=O) groups is 2. The highest BCUT2D eigenvalue weighted by Gasteiger charge is 2.25. The largest absolute Gasteiger partial charge is 0.480 e. The molecule has 0 unspecified atom stereocenters. The fourth-order valence-electron chi connectivity index (χ4n) is 3.65. The summed E-state index contributed by atoms with van der Waals surface area (Å²) < 4.78 is 27.9. The van der Waals surface area contributed by atoms with Gasteiger partial charge in [0.15, 0.2) is 0 Å². The van der Waals surface area contributed by atoms with Gasteiger partial charge >= 0.3 is 11.7 Å². The summed E-state index contributed by atoms with van der Waals surface area (Å²) in [6.07, 6.45) is 0. The van der Waals surface area contributed by atoms with E-state index in [-0.39, 0.29) is 41.9 Å². The second-order valence-corrected chi connectivity index (χ2v) is 10.5. The smallest absolute Gasteiger partial charge is 0.346 e. The summed E-state index contributed by atoms with van der Waals surface area (Å²) in [6.45, 7) is -0.814. The average molecular weight is 562 g/mol. The molecule has 0 atom stereocenters. The third-order valence-electron chi connectivity index (χ3n) is 5.35. The quantitative estimate of drug-likeness (QED) is 0.352. The lowest BCUT2D eigenvalue weighted by Crippen LogP contribution is -2.44. The molecule has 0 bridgehead atoms. The number of hydrogen-bond acceptors (Lipinski definition) is 6. The molecule has 0 radical (unpaired) electrons. The highest BCUT2D eigenvalue weighted by Crippen LogP contribution is 2.20. The summed E-state index contributed by atoms with van der Waals surface area (Å²) in [5.74, 6) is -1.87. The normalized spacial score (nSPS) is 11.4. The molecule has 37 heavy (non-hydrogen) atoms. The first-order chi connectivity index (χ1) is 17.5. The van der Waals surface area contributed by atoms with Crippen LogP contribution in [0.15, 0.2) is 81.2 Å². The number of carbonyl (C=O) groups excluding carboxylic acids is 1. The van der Waals surface area contributed by atoms with Gasteiger partial charge < -0.3 is 10.4 Å². The lowest BCUT2D eigenvalue weighted by atomic mass is 10.1. The van der Waals surface area contributed by atoms with Gasteiger partial charge in [0.1, 0.15) is 6.54 Å². The van der Waals surface area contributed by atoms with Crippen LogP contribution in [0, 0.1) is 0 Å². The van der Waals surface area contributed by atoms with Crippen molar-refractivity contribution in [2.75, 3.05) is 6.54 Å². The molecule has 1 heterocycles. The SMILES string of the molecule is O=C(O)CNC(=O)c1cccc(Cn2c(=O)n(S(=O)(=O)c3ccc(Cl)cc3)c(=O)c3ccc(Cl)cc32)c1. The van der Waals surface area contributed by atoms with Gasteiger partial charge in [0.05, 0.1) is 22.3 Å². The predicted molar refractivity (Wildman–Crippen MR) is 137 cm³/mol. The number of aliphatic carboxylic acids is 1. The number of carboxylic acids is 1. The molecular weight excluding hydrogens is 545 g/mol. The first-order valence-corrected chi connectivity index (χ1v) is 12.7. The highest BCUT2D eigenvalue weighted by molar-refractivity contribution is 7.90. The van der Waals surface area contributed by atoms with Crippen LogP contribution in [0.25, 0.3) is 10.9 Å². The summed E-state index contributed by atoms with van der Waals surface area (Å²) in [4.78, 5) is 49.5. The Morgan fingerprint density at radius 1 is 0.919 bits per heavy atom. The van der Waals surface area contributed by atoms with Gasteiger partial charge in [-0.1, -0.05) is 35.3 Å². The zero-order valence-corrected chi connectivity index (χ0v) is 21.0. The number of aromatic nitrogens is 2. The molecule has 3 aromatic carbocycles. The molecule has 2 N–H and O–H groups in total. The van der Waals surface area contributed by atoms with Crippen LogP contribution in [0.4, 0.5) is 0 Å². The number of halogens is 2. The number of hydrogen-bond donors (Lipinski definition) is 2. The number of nitrogens with one attached hydrogen (secondary N) is 1. The Labute approximate surface area is 219 Å². The summed E-state index contributed by atoms with van der Waals surface area (Å²) in [6, 6.07) is 15.0. The summed E-state index contributed by atoms with van der Waals surface area (Å²) >= 11 is 12.0. The monoisotopic (exact) mass is 561 g/mol. The van der Waals surface area contributed by atoms with E-state index in [9.17, 15) is 27.6 Å². The van der Waals surface area contributed by atoms with E-state index in [4.69, 9.17) is 28.3 Å². The number of carboxylic acid groups (broad SMARTS) is 1. The molecule has 1 amide bonds. The Morgan fingerprint density at radius 3 is 2.27 bits per heavy atom. The van der Waals surface area contributed by atoms with Crippen molar-refractivity contribution in [2.45, 2.75) is 11.4 Å². The van der Waals surface area contributed by atoms with Crippen molar-refractivity contribution in [1.29, 1.82) is 0 Å². The number of rotatable bonds is 7. The highest BCUT2D eigenvalue weighted by atomic mass is 35.5. The Kier molecular flexibility index (Phi) is 7.21. The van der Waals surface area contributed by atoms with Gasteiger partial charge in [-0.3, -0.25) is 19.0 Å². The lowest BCUT2D eigenvalue weighted by molar-refractivity contribution is -0.135. The van der Waals surface area contributed by atoms with E-state index >= 15 is 0 Å². The fraction of sp³-hybridized carbons (Fsp3) is 0.0833. The van der Waals surface area contributed by atoms with Gasteiger partial charge in [-0.25, -0.2) is 13.2 Å². The van der Waals surface area contributed by atoms with Crippen LogP contribution in [0.1, 0.15) is 15.9 Å². The van der Waals surface area contributed by atoms with Gasteiger partial charge in [0.2, 0.25) is 0 Å². The van der Waals surface area contributed by atoms with Gasteiger partial charge in [-0.2, -0.15) is 0 Å². The van der Waals surface area contributed by atoms with Crippen molar-refractivity contribution >= 4 is 56.0 Å². The van der Waals surface area contributed by atoms with Crippen LogP contribution in [-0.4, -0.2) is 40.5 Å². The van der Waals surface area contributed by atoms with Crippen LogP contribution in [-0.2, 0) is 21.4 Å². The zero-order valence-electron chi connectivity index (χ0n) is 18.7. The van der Waals surface area contributed by atoms with Gasteiger partial charge in [-0.15, -0.1) is 3.97 Å². The zero-order chi connectivity index (χ0) is 26.9. The molecule has 190 valence electrons. The fourth-order valence-corrected chi connectivity index (χ4v) is 5.25. The molecule has 0 aliphatic heterocycles. The van der Waals surface area contributed by atoms with Crippen LogP contribution in [0.2, 0.25) is 10.0 Å². The second-order valence-electron chi connectivity index (χ2n) is 7.84. The molecule has 1 aromatic heterocycles. The molecule has 4 aromatic rings. The van der Waals surface area contributed by atoms with Gasteiger partial charge in [-0.05, 0) is 60.2 Å². The molecular formula is C24H17Cl2N3O7S. The second kappa shape index (κ2) is 10.2. The maximum absolute atomic E-state index is 13.5. The van der Waals surface area contributed by atoms with Crippen LogP contribution in [0.5, 0.6) is 0 Å². The Balaban J connectivity index is 1.89. The molecule has 0 spiro atoms. The molecule has 0 aliphatic carbocycles. The standard InChI is InChI=1S/C24H17Cl2N3O7S/c25-16-4-7-18(8-5-16)37(35,36)29-23(33)19-9-6-17(26)11-20(19)28(24(29)34)13-14-2-1-3-15(10-14)22(32)27-12-21(30)31/h1-11H,12-13H2,(H,27,32)(H,30,31). The Morgan fingerprint density at radius 2 is 1.59 bits per heavy atom. The number of benzene rings is 3. The Bertz CT molecular complexity index is 1780. The number of amides is 1. The maximum Gasteiger partial charge on any atom is 0.346 e. The van der Waals surface area contributed by atoms with E-state index in [1.165, 1.54) is 60.7 Å². The lowest BCUT2D eigenvalue weighted by Gasteiger charge is -2.15. The topological polar surface area (TPSA) is 145 Å². The number of nitrogens with zero attached hydrogens (tertiary/aromatic N) is 2. The maximum atomic E-state index is 13.5. The van der Waals surface area contributed by atoms with Crippen molar-refractivity contribution in [1.82, 2.24) is 13.9 Å². The first kappa shape index (κ1) is 26.1. The van der Waals surface area contributed by atoms with Crippen LogP contribution < -0.4 is 16.6 Å². The minimum absolute atomic E-state index is 0.0723. The Hall–Kier alpha value is -3.93. The number of fused-ring (bicyclic) bond motifs is 1. The third kappa shape index (κ3) is 5.29. The summed E-state index contributed by atoms with van der Waals surface area (Å²) in [5.41, 5.74) is -1.58. The van der Waals surface area contributed by atoms with E-state index in [2.05, 4.69) is 5.32 Å². The van der Waals surface area contributed by atoms with E-state index in [0.717, 1.165) is 4.57 Å². The van der Waals surface area contributed by atoms with Crippen molar-refractivity contribution in [3.05, 3.63) is 109 Å². The summed E-state index contributed by atoms with van der Waals surface area (Å²) in [5, 5.41) is 11.4. The van der Waals surface area contributed by atoms with Crippen molar-refractivity contribution in [3.8, 4) is 0 Å². The van der Waals surface area contributed by atoms with E-state index in [1.54, 1.807) is 6.07 Å². The molecule has 0 saturated heterocycles. The third-order valence-corrected chi connectivity index (χ3v) is 7.51. The van der Waals surface area contributed by atoms with E-state index < -0.39 is 39.7 Å². The predicted octanol–water partition coefficient (Wildman–Crippen LogP) is 2.57. The van der Waals surface area contributed by atoms with Gasteiger partial charge in [0, 0.05) is 15.6 Å². The van der Waals surface area contributed by atoms with Crippen LogP contribution in [0.3, 0.4) is 0 Å². The van der Waals surface area contributed by atoms with Crippen molar-refractivity contribution in [3.63, 3.8) is 0 Å². The average Bonchev–Trinajstić information content (AvgIpc) is 2.85. The molecule has 13 heteroatoms. The van der Waals surface area contributed by atoms with Crippen molar-refractivity contribution < 1.29 is 23.1 Å². The van der Waals surface area contributed by atoms with Crippen molar-refractivity contribution in [2.24, 2.45) is 0 Å². The van der Waals surface area contributed by atoms with E-state index in [1.807, 2.05) is 0 Å². The van der Waals surface area contributed by atoms with E-state index in [0.29, 0.717) is 5.56 Å². The molecule has 0 fully saturated rings. The molecule has 0 saturated carbocycles. The first-order valence-electron chi connectivity index (χ1n) is 10.5. The van der Waals surface area contributed by atoms with Gasteiger partial charge in [0.25, 0.3) is 21.5 Å². The summed E-state index contributed by atoms with van der Waals surface area (Å²) in [7, 11) is -4.61. The van der Waals surface area contributed by atoms with Crippen LogP contribution >= 0.6 is 23.2 Å².